The van der Waals surface area contributed by atoms with Crippen LogP contribution in [-0.2, 0) is 0 Å². The molecule has 0 aliphatic carbocycles. The number of aryl methyl sites for hydroxylation is 1. The lowest BCUT2D eigenvalue weighted by atomic mass is 10.1. The van der Waals surface area contributed by atoms with Crippen molar-refractivity contribution in [2.24, 2.45) is 0 Å². The van der Waals surface area contributed by atoms with Gasteiger partial charge < -0.3 is 21.1 Å². The number of nitrogen functional groups attached to an aromatic ring is 2. The third-order valence-corrected chi connectivity index (χ3v) is 2.79. The van der Waals surface area contributed by atoms with Gasteiger partial charge in [-0.05, 0) is 19.1 Å². The fraction of sp³-hybridized carbons (Fsp3) is 0.250. The number of aromatic nitrogens is 2. The van der Waals surface area contributed by atoms with Gasteiger partial charge in [0.2, 0.25) is 0 Å². The predicted molar refractivity (Wildman–Crippen MR) is 70.1 cm³/mol. The average molecular weight is 248 g/mol. The van der Waals surface area contributed by atoms with E-state index in [1.807, 2.05) is 12.1 Å². The molecule has 6 heteroatoms. The van der Waals surface area contributed by atoms with Crippen molar-refractivity contribution in [3.05, 3.63) is 24.0 Å². The highest BCUT2D eigenvalue weighted by molar-refractivity contribution is 5.76. The van der Waals surface area contributed by atoms with Gasteiger partial charge in [0.25, 0.3) is 0 Å². The lowest BCUT2D eigenvalue weighted by molar-refractivity contribution is 0.395. The maximum Gasteiger partial charge on any atom is 0.150 e. The first-order chi connectivity index (χ1) is 8.58. The fourth-order valence-electron chi connectivity index (χ4n) is 1.75. The lowest BCUT2D eigenvalue weighted by Gasteiger charge is -2.09. The van der Waals surface area contributed by atoms with Crippen LogP contribution >= 0.6 is 0 Å². The topological polar surface area (TPSA) is 88.3 Å². The molecule has 18 heavy (non-hydrogen) atoms. The molecule has 0 atom stereocenters. The quantitative estimate of drug-likeness (QED) is 0.796. The van der Waals surface area contributed by atoms with Gasteiger partial charge in [0.15, 0.2) is 5.82 Å². The smallest absolute Gasteiger partial charge is 0.150 e. The van der Waals surface area contributed by atoms with Crippen molar-refractivity contribution in [1.82, 2.24) is 9.66 Å². The first-order valence-electron chi connectivity index (χ1n) is 5.40. The molecule has 0 aliphatic rings. The van der Waals surface area contributed by atoms with Crippen LogP contribution in [0.4, 0.5) is 5.82 Å². The monoisotopic (exact) mass is 248 g/mol. The Morgan fingerprint density at radius 3 is 2.44 bits per heavy atom. The third-order valence-electron chi connectivity index (χ3n) is 2.79. The zero-order valence-corrected chi connectivity index (χ0v) is 10.6. The summed E-state index contributed by atoms with van der Waals surface area (Å²) in [6, 6.07) is 5.44. The van der Waals surface area contributed by atoms with E-state index in [1.165, 1.54) is 4.68 Å². The molecular weight excluding hydrogens is 232 g/mol. The number of nitrogens with zero attached hydrogens (tertiary/aromatic N) is 2. The minimum atomic E-state index is 0.399. The molecule has 0 fully saturated rings. The molecule has 2 rings (SSSR count). The number of hydrogen-bond acceptors (Lipinski definition) is 5. The molecule has 1 heterocycles. The number of imidazole rings is 1. The Morgan fingerprint density at radius 2 is 1.94 bits per heavy atom. The molecule has 1 aromatic carbocycles. The van der Waals surface area contributed by atoms with Crippen molar-refractivity contribution >= 4 is 5.82 Å². The van der Waals surface area contributed by atoms with Crippen LogP contribution in [0.5, 0.6) is 11.5 Å². The second kappa shape index (κ2) is 4.48. The summed E-state index contributed by atoms with van der Waals surface area (Å²) < 4.78 is 11.8. The Hall–Kier alpha value is -2.37. The van der Waals surface area contributed by atoms with Crippen LogP contribution in [0.3, 0.4) is 0 Å². The second-order valence-corrected chi connectivity index (χ2v) is 3.83. The highest BCUT2D eigenvalue weighted by atomic mass is 16.5. The second-order valence-electron chi connectivity index (χ2n) is 3.83. The lowest BCUT2D eigenvalue weighted by Crippen LogP contribution is -2.13. The molecule has 0 radical (unpaired) electrons. The minimum absolute atomic E-state index is 0.399. The van der Waals surface area contributed by atoms with Crippen molar-refractivity contribution in [2.45, 2.75) is 6.92 Å². The number of methoxy groups -OCH3 is 2. The maximum absolute atomic E-state index is 5.92. The van der Waals surface area contributed by atoms with Gasteiger partial charge in [-0.3, -0.25) is 0 Å². The Kier molecular flexibility index (Phi) is 3.01. The van der Waals surface area contributed by atoms with Crippen molar-refractivity contribution in [2.75, 3.05) is 25.8 Å². The molecule has 96 valence electrons. The van der Waals surface area contributed by atoms with E-state index in [0.29, 0.717) is 28.8 Å². The van der Waals surface area contributed by atoms with E-state index in [4.69, 9.17) is 21.1 Å². The first kappa shape index (κ1) is 12.1. The van der Waals surface area contributed by atoms with Crippen LogP contribution in [0.25, 0.3) is 11.3 Å². The molecule has 1 aromatic heterocycles. The average Bonchev–Trinajstić information content (AvgIpc) is 2.65. The number of ether oxygens (including phenoxy) is 2. The fourth-order valence-corrected chi connectivity index (χ4v) is 1.75. The first-order valence-corrected chi connectivity index (χ1v) is 5.40. The number of nitrogens with two attached hydrogens (primary N) is 2. The SMILES string of the molecule is COc1ccc(-c2nc(C)n(N)c2N)c(OC)c1. The summed E-state index contributed by atoms with van der Waals surface area (Å²) in [6.45, 7) is 1.79. The van der Waals surface area contributed by atoms with Crippen molar-refractivity contribution in [3.8, 4) is 22.8 Å². The highest BCUT2D eigenvalue weighted by Gasteiger charge is 2.16. The van der Waals surface area contributed by atoms with E-state index in [9.17, 15) is 0 Å². The molecule has 0 saturated carbocycles. The van der Waals surface area contributed by atoms with Gasteiger partial charge >= 0.3 is 0 Å². The molecule has 0 amide bonds. The van der Waals surface area contributed by atoms with Gasteiger partial charge in [-0.1, -0.05) is 0 Å². The van der Waals surface area contributed by atoms with E-state index in [2.05, 4.69) is 4.98 Å². The van der Waals surface area contributed by atoms with Crippen LogP contribution in [0, 0.1) is 6.92 Å². The summed E-state index contributed by atoms with van der Waals surface area (Å²) in [5, 5.41) is 0. The number of anilines is 1. The molecule has 0 spiro atoms. The van der Waals surface area contributed by atoms with Crippen molar-refractivity contribution < 1.29 is 9.47 Å². The number of hydrogen-bond donors (Lipinski definition) is 2. The standard InChI is InChI=1S/C12H16N4O2/c1-7-15-11(12(13)16(7)14)9-5-4-8(17-2)6-10(9)18-3/h4-6H,13-14H2,1-3H3. The van der Waals surface area contributed by atoms with Gasteiger partial charge in [-0.2, -0.15) is 0 Å². The third kappa shape index (κ3) is 1.81. The van der Waals surface area contributed by atoms with Gasteiger partial charge in [-0.15, -0.1) is 0 Å². The van der Waals surface area contributed by atoms with Gasteiger partial charge in [0.1, 0.15) is 23.0 Å². The molecule has 0 unspecified atom stereocenters. The zero-order valence-electron chi connectivity index (χ0n) is 10.6. The largest absolute Gasteiger partial charge is 0.497 e. The summed E-state index contributed by atoms with van der Waals surface area (Å²) in [7, 11) is 3.18. The zero-order chi connectivity index (χ0) is 13.3. The number of rotatable bonds is 3. The summed E-state index contributed by atoms with van der Waals surface area (Å²) in [6.07, 6.45) is 0. The maximum atomic E-state index is 5.92. The highest BCUT2D eigenvalue weighted by Crippen LogP contribution is 2.35. The summed E-state index contributed by atoms with van der Waals surface area (Å²) >= 11 is 0. The molecule has 0 bridgehead atoms. The normalized spacial score (nSPS) is 10.4. The number of benzene rings is 1. The van der Waals surface area contributed by atoms with Gasteiger partial charge in [-0.25, -0.2) is 9.66 Å². The van der Waals surface area contributed by atoms with E-state index in [-0.39, 0.29) is 0 Å². The Balaban J connectivity index is 2.59. The predicted octanol–water partition coefficient (Wildman–Crippen LogP) is 1.17. The van der Waals surface area contributed by atoms with Crippen molar-refractivity contribution in [1.29, 1.82) is 0 Å². The molecule has 6 nitrogen and oxygen atoms in total. The summed E-state index contributed by atoms with van der Waals surface area (Å²) in [5.74, 6) is 8.13. The van der Waals surface area contributed by atoms with E-state index in [1.54, 1.807) is 27.2 Å². The molecule has 2 aromatic rings. The van der Waals surface area contributed by atoms with E-state index >= 15 is 0 Å². The van der Waals surface area contributed by atoms with Crippen LogP contribution in [0.2, 0.25) is 0 Å². The van der Waals surface area contributed by atoms with Crippen LogP contribution in [0.1, 0.15) is 5.82 Å². The van der Waals surface area contributed by atoms with Gasteiger partial charge in [0.05, 0.1) is 14.2 Å². The molecule has 0 aliphatic heterocycles. The summed E-state index contributed by atoms with van der Waals surface area (Å²) in [4.78, 5) is 4.34. The minimum Gasteiger partial charge on any atom is -0.497 e. The van der Waals surface area contributed by atoms with Crippen LogP contribution in [0.15, 0.2) is 18.2 Å². The van der Waals surface area contributed by atoms with E-state index < -0.39 is 0 Å². The van der Waals surface area contributed by atoms with Gasteiger partial charge in [0, 0.05) is 11.6 Å². The Morgan fingerprint density at radius 1 is 1.22 bits per heavy atom. The Bertz CT molecular complexity index is 578. The van der Waals surface area contributed by atoms with Crippen LogP contribution < -0.4 is 21.1 Å². The summed E-state index contributed by atoms with van der Waals surface area (Å²) in [5.41, 5.74) is 7.30. The molecular formula is C12H16N4O2. The van der Waals surface area contributed by atoms with Crippen molar-refractivity contribution in [3.63, 3.8) is 0 Å². The molecule has 4 N–H and O–H groups in total. The van der Waals surface area contributed by atoms with Crippen LogP contribution in [-0.4, -0.2) is 23.9 Å². The molecule has 0 saturated heterocycles. The van der Waals surface area contributed by atoms with E-state index in [0.717, 1.165) is 5.56 Å². The Labute approximate surface area is 105 Å².